The van der Waals surface area contributed by atoms with Crippen molar-refractivity contribution in [2.24, 2.45) is 11.1 Å². The van der Waals surface area contributed by atoms with Gasteiger partial charge in [-0.25, -0.2) is 13.6 Å². The lowest BCUT2D eigenvalue weighted by atomic mass is 10.0. The molecular formula is C8H17NO3S. The summed E-state index contributed by atoms with van der Waals surface area (Å²) in [6.45, 7) is 2.10. The predicted octanol–water partition coefficient (Wildman–Crippen LogP) is 0.828. The highest BCUT2D eigenvalue weighted by Gasteiger charge is 2.27. The van der Waals surface area contributed by atoms with E-state index in [1.54, 1.807) is 0 Å². The van der Waals surface area contributed by atoms with Crippen LogP contribution in [0.4, 0.5) is 0 Å². The van der Waals surface area contributed by atoms with Crippen molar-refractivity contribution in [1.29, 1.82) is 0 Å². The molecule has 0 saturated heterocycles. The zero-order valence-electron chi connectivity index (χ0n) is 7.90. The van der Waals surface area contributed by atoms with Crippen molar-refractivity contribution in [3.63, 3.8) is 0 Å². The Morgan fingerprint density at radius 1 is 1.46 bits per heavy atom. The second-order valence-corrected chi connectivity index (χ2v) is 5.15. The van der Waals surface area contributed by atoms with Gasteiger partial charge in [0.15, 0.2) is 5.94 Å². The standard InChI is InChI=1S/C8H17NO3S/c1-2-7-4-3-5-8(7)12-6-13(9,10)11/h7-8H,2-6H2,1H3,(H2,9,10,11). The number of ether oxygens (including phenoxy) is 1. The fraction of sp³-hybridized carbons (Fsp3) is 1.00. The van der Waals surface area contributed by atoms with Crippen molar-refractivity contribution in [3.05, 3.63) is 0 Å². The van der Waals surface area contributed by atoms with E-state index >= 15 is 0 Å². The summed E-state index contributed by atoms with van der Waals surface area (Å²) in [5.74, 6) is 0.176. The molecule has 0 bridgehead atoms. The number of rotatable bonds is 4. The van der Waals surface area contributed by atoms with Crippen LogP contribution in [0.3, 0.4) is 0 Å². The van der Waals surface area contributed by atoms with Gasteiger partial charge in [0.05, 0.1) is 6.10 Å². The van der Waals surface area contributed by atoms with Crippen LogP contribution < -0.4 is 5.14 Å². The maximum absolute atomic E-state index is 10.6. The van der Waals surface area contributed by atoms with Crippen LogP contribution in [0.2, 0.25) is 0 Å². The third-order valence-corrected chi connectivity index (χ3v) is 3.02. The quantitative estimate of drug-likeness (QED) is 0.742. The van der Waals surface area contributed by atoms with Gasteiger partial charge in [0.2, 0.25) is 10.0 Å². The molecule has 5 heteroatoms. The van der Waals surface area contributed by atoms with Gasteiger partial charge in [-0.1, -0.05) is 19.8 Å². The van der Waals surface area contributed by atoms with Crippen molar-refractivity contribution in [1.82, 2.24) is 0 Å². The molecule has 2 unspecified atom stereocenters. The molecule has 0 amide bonds. The summed E-state index contributed by atoms with van der Waals surface area (Å²) in [5.41, 5.74) is 0. The van der Waals surface area contributed by atoms with E-state index in [-0.39, 0.29) is 12.0 Å². The van der Waals surface area contributed by atoms with Gasteiger partial charge in [-0.2, -0.15) is 0 Å². The second kappa shape index (κ2) is 4.39. The molecule has 1 saturated carbocycles. The van der Waals surface area contributed by atoms with Gasteiger partial charge in [0.25, 0.3) is 0 Å². The number of sulfonamides is 1. The molecule has 1 rings (SSSR count). The summed E-state index contributed by atoms with van der Waals surface area (Å²) in [6, 6.07) is 0. The molecule has 1 aliphatic rings. The van der Waals surface area contributed by atoms with E-state index in [1.807, 2.05) is 0 Å². The molecule has 4 nitrogen and oxygen atoms in total. The molecule has 0 aromatic heterocycles. The first-order valence-electron chi connectivity index (χ1n) is 4.65. The summed E-state index contributed by atoms with van der Waals surface area (Å²) in [5, 5.41) is 4.85. The minimum absolute atomic E-state index is 0.100. The molecule has 0 aliphatic heterocycles. The largest absolute Gasteiger partial charge is 0.361 e. The molecule has 0 spiro atoms. The Bertz CT molecular complexity index is 250. The predicted molar refractivity (Wildman–Crippen MR) is 50.5 cm³/mol. The molecule has 2 atom stereocenters. The van der Waals surface area contributed by atoms with E-state index in [0.717, 1.165) is 25.7 Å². The van der Waals surface area contributed by atoms with Crippen LogP contribution in [0, 0.1) is 5.92 Å². The van der Waals surface area contributed by atoms with Crippen LogP contribution in [-0.4, -0.2) is 20.5 Å². The first-order chi connectivity index (χ1) is 6.03. The van der Waals surface area contributed by atoms with Crippen molar-refractivity contribution in [2.75, 3.05) is 5.94 Å². The Hall–Kier alpha value is -0.130. The Labute approximate surface area is 79.5 Å². The zero-order valence-corrected chi connectivity index (χ0v) is 8.72. The lowest BCUT2D eigenvalue weighted by molar-refractivity contribution is 0.0555. The molecule has 0 radical (unpaired) electrons. The third-order valence-electron chi connectivity index (χ3n) is 2.56. The zero-order chi connectivity index (χ0) is 9.90. The Morgan fingerprint density at radius 2 is 2.15 bits per heavy atom. The highest BCUT2D eigenvalue weighted by molar-refractivity contribution is 7.88. The summed E-state index contributed by atoms with van der Waals surface area (Å²) < 4.78 is 26.5. The van der Waals surface area contributed by atoms with Crippen molar-refractivity contribution >= 4 is 10.0 Å². The summed E-state index contributed by atoms with van der Waals surface area (Å²) in [4.78, 5) is 0. The van der Waals surface area contributed by atoms with Gasteiger partial charge in [-0.3, -0.25) is 0 Å². The lowest BCUT2D eigenvalue weighted by Crippen LogP contribution is -2.25. The number of hydrogen-bond acceptors (Lipinski definition) is 3. The SMILES string of the molecule is CCC1CCCC1OCS(N)(=O)=O. The van der Waals surface area contributed by atoms with Gasteiger partial charge >= 0.3 is 0 Å². The topological polar surface area (TPSA) is 69.4 Å². The first kappa shape index (κ1) is 10.9. The molecule has 13 heavy (non-hydrogen) atoms. The molecule has 1 fully saturated rings. The lowest BCUT2D eigenvalue weighted by Gasteiger charge is -2.17. The van der Waals surface area contributed by atoms with Crippen LogP contribution in [0.25, 0.3) is 0 Å². The van der Waals surface area contributed by atoms with Gasteiger partial charge in [-0.05, 0) is 18.8 Å². The van der Waals surface area contributed by atoms with E-state index in [0.29, 0.717) is 5.92 Å². The molecule has 0 aromatic rings. The first-order valence-corrected chi connectivity index (χ1v) is 6.36. The average Bonchev–Trinajstić information content (AvgIpc) is 2.46. The average molecular weight is 207 g/mol. The highest BCUT2D eigenvalue weighted by atomic mass is 32.2. The monoisotopic (exact) mass is 207 g/mol. The van der Waals surface area contributed by atoms with Crippen LogP contribution in [-0.2, 0) is 14.8 Å². The molecule has 1 aliphatic carbocycles. The number of hydrogen-bond donors (Lipinski definition) is 1. The number of nitrogens with two attached hydrogens (primary N) is 1. The van der Waals surface area contributed by atoms with Crippen molar-refractivity contribution in [3.8, 4) is 0 Å². The van der Waals surface area contributed by atoms with E-state index in [2.05, 4.69) is 6.92 Å². The number of primary sulfonamides is 1. The molecular weight excluding hydrogens is 190 g/mol. The van der Waals surface area contributed by atoms with Gasteiger partial charge in [0, 0.05) is 0 Å². The van der Waals surface area contributed by atoms with Crippen LogP contribution >= 0.6 is 0 Å². The van der Waals surface area contributed by atoms with E-state index in [4.69, 9.17) is 9.88 Å². The van der Waals surface area contributed by atoms with E-state index in [1.165, 1.54) is 0 Å². The Morgan fingerprint density at radius 3 is 2.69 bits per heavy atom. The smallest absolute Gasteiger partial charge is 0.233 e. The maximum atomic E-state index is 10.6. The van der Waals surface area contributed by atoms with E-state index in [9.17, 15) is 8.42 Å². The van der Waals surface area contributed by atoms with Gasteiger partial charge in [-0.15, -0.1) is 0 Å². The third kappa shape index (κ3) is 3.62. The summed E-state index contributed by atoms with van der Waals surface area (Å²) in [7, 11) is -3.47. The normalized spacial score (nSPS) is 29.4. The summed E-state index contributed by atoms with van der Waals surface area (Å²) >= 11 is 0. The van der Waals surface area contributed by atoms with Gasteiger partial charge < -0.3 is 4.74 Å². The fourth-order valence-corrected chi connectivity index (χ4v) is 2.24. The van der Waals surface area contributed by atoms with Crippen LogP contribution in [0.1, 0.15) is 32.6 Å². The fourth-order valence-electron chi connectivity index (χ4n) is 1.87. The highest BCUT2D eigenvalue weighted by Crippen LogP contribution is 2.30. The minimum Gasteiger partial charge on any atom is -0.361 e. The van der Waals surface area contributed by atoms with Gasteiger partial charge in [0.1, 0.15) is 0 Å². The minimum atomic E-state index is -3.47. The van der Waals surface area contributed by atoms with Crippen LogP contribution in [0.5, 0.6) is 0 Å². The molecule has 0 heterocycles. The summed E-state index contributed by atoms with van der Waals surface area (Å²) in [6.07, 6.45) is 4.39. The van der Waals surface area contributed by atoms with Crippen LogP contribution in [0.15, 0.2) is 0 Å². The van der Waals surface area contributed by atoms with Crippen molar-refractivity contribution < 1.29 is 13.2 Å². The maximum Gasteiger partial charge on any atom is 0.233 e. The second-order valence-electron chi connectivity index (χ2n) is 3.59. The van der Waals surface area contributed by atoms with Crippen molar-refractivity contribution in [2.45, 2.75) is 38.7 Å². The Kier molecular flexibility index (Phi) is 3.70. The molecule has 78 valence electrons. The van der Waals surface area contributed by atoms with E-state index < -0.39 is 10.0 Å². The molecule has 2 N–H and O–H groups in total. The molecule has 0 aromatic carbocycles. The Balaban J connectivity index is 2.36.